The summed E-state index contributed by atoms with van der Waals surface area (Å²) in [6.07, 6.45) is 6.92. The first kappa shape index (κ1) is 20.8. The van der Waals surface area contributed by atoms with Crippen LogP contribution in [0.2, 0.25) is 0 Å². The van der Waals surface area contributed by atoms with Crippen LogP contribution in [0.1, 0.15) is 69.8 Å². The van der Waals surface area contributed by atoms with Crippen LogP contribution in [-0.2, 0) is 14.3 Å². The van der Waals surface area contributed by atoms with Gasteiger partial charge in [-0.1, -0.05) is 35.0 Å². The molecule has 6 rings (SSSR count). The largest absolute Gasteiger partial charge is 0.389 e. The molecule has 4 nitrogen and oxygen atoms in total. The number of ketones is 1. The molecule has 7 atom stereocenters. The Kier molecular flexibility index (Phi) is 4.79. The fourth-order valence-corrected chi connectivity index (χ4v) is 8.81. The maximum atomic E-state index is 13.1. The summed E-state index contributed by atoms with van der Waals surface area (Å²) in [6.45, 7) is 3.51. The minimum absolute atomic E-state index is 0.206. The molecular weight excluding hydrogens is 456 g/mol. The van der Waals surface area contributed by atoms with E-state index in [0.29, 0.717) is 49.1 Å². The lowest BCUT2D eigenvalue weighted by atomic mass is 9.45. The molecule has 0 aromatic heterocycles. The second-order valence-electron chi connectivity index (χ2n) is 11.2. The van der Waals surface area contributed by atoms with Gasteiger partial charge in [0, 0.05) is 29.2 Å². The Bertz CT molecular complexity index is 878. The number of rotatable bonds is 1. The Morgan fingerprint density at radius 3 is 2.52 bits per heavy atom. The highest BCUT2D eigenvalue weighted by Gasteiger charge is 2.64. The van der Waals surface area contributed by atoms with E-state index in [2.05, 4.69) is 47.1 Å². The van der Waals surface area contributed by atoms with Crippen LogP contribution in [-0.4, -0.2) is 35.5 Å². The van der Waals surface area contributed by atoms with Gasteiger partial charge in [0.05, 0.1) is 18.8 Å². The van der Waals surface area contributed by atoms with Crippen LogP contribution in [0.3, 0.4) is 0 Å². The molecule has 1 aliphatic heterocycles. The fraction of sp³-hybridized carbons (Fsp3) is 0.731. The number of Topliss-reactive ketones (excluding diaryl/α,β-unsaturated/α-hetero) is 1. The number of benzene rings is 1. The van der Waals surface area contributed by atoms with Crippen molar-refractivity contribution in [3.63, 3.8) is 0 Å². The summed E-state index contributed by atoms with van der Waals surface area (Å²) >= 11 is 3.58. The molecule has 1 heterocycles. The molecule has 31 heavy (non-hydrogen) atoms. The molecule has 5 aliphatic rings. The minimum Gasteiger partial charge on any atom is -0.389 e. The number of carbonyl (C=O) groups is 1. The van der Waals surface area contributed by atoms with Crippen LogP contribution < -0.4 is 0 Å². The quantitative estimate of drug-likeness (QED) is 0.588. The molecule has 1 spiro atoms. The molecule has 4 saturated carbocycles. The lowest BCUT2D eigenvalue weighted by molar-refractivity contribution is -0.257. The highest BCUT2D eigenvalue weighted by molar-refractivity contribution is 9.10. The average molecular weight is 489 g/mol. The number of carbonyl (C=O) groups excluding carboxylic acids is 1. The predicted octanol–water partition coefficient (Wildman–Crippen LogP) is 5.22. The van der Waals surface area contributed by atoms with E-state index in [4.69, 9.17) is 9.47 Å². The first-order valence-electron chi connectivity index (χ1n) is 12.1. The summed E-state index contributed by atoms with van der Waals surface area (Å²) in [5, 5.41) is 12.0. The molecule has 1 aromatic carbocycles. The Morgan fingerprint density at radius 1 is 1.03 bits per heavy atom. The zero-order valence-corrected chi connectivity index (χ0v) is 19.9. The van der Waals surface area contributed by atoms with Gasteiger partial charge in [0.15, 0.2) is 5.79 Å². The SMILES string of the molecule is CC12CC(c3ccc(Br)cc3)C3C(CCC4(O)CC5(CCC34)OCCO5)C1CCC2=O. The number of fused-ring (bicyclic) bond motifs is 5. The lowest BCUT2D eigenvalue weighted by Gasteiger charge is -2.61. The van der Waals surface area contributed by atoms with Gasteiger partial charge in [0.1, 0.15) is 5.78 Å². The highest BCUT2D eigenvalue weighted by atomic mass is 79.9. The van der Waals surface area contributed by atoms with E-state index in [1.807, 2.05) is 0 Å². The summed E-state index contributed by atoms with van der Waals surface area (Å²) in [6, 6.07) is 8.72. The molecule has 1 aromatic rings. The summed E-state index contributed by atoms with van der Waals surface area (Å²) in [4.78, 5) is 13.1. The molecule has 1 N–H and O–H groups in total. The number of hydrogen-bond acceptors (Lipinski definition) is 4. The van der Waals surface area contributed by atoms with E-state index in [-0.39, 0.29) is 11.3 Å². The predicted molar refractivity (Wildman–Crippen MR) is 120 cm³/mol. The average Bonchev–Trinajstić information content (AvgIpc) is 3.31. The van der Waals surface area contributed by atoms with Crippen LogP contribution in [0.25, 0.3) is 0 Å². The Morgan fingerprint density at radius 2 is 1.77 bits per heavy atom. The monoisotopic (exact) mass is 488 g/mol. The van der Waals surface area contributed by atoms with Crippen LogP contribution in [0.4, 0.5) is 0 Å². The van der Waals surface area contributed by atoms with Gasteiger partial charge < -0.3 is 14.6 Å². The number of ether oxygens (including phenoxy) is 2. The molecule has 7 unspecified atom stereocenters. The third-order valence-corrected chi connectivity index (χ3v) is 10.4. The van der Waals surface area contributed by atoms with Gasteiger partial charge in [-0.2, -0.15) is 0 Å². The Balaban J connectivity index is 1.40. The van der Waals surface area contributed by atoms with Crippen molar-refractivity contribution in [2.24, 2.45) is 29.1 Å². The van der Waals surface area contributed by atoms with Gasteiger partial charge in [0.2, 0.25) is 0 Å². The first-order valence-corrected chi connectivity index (χ1v) is 12.9. The van der Waals surface area contributed by atoms with Gasteiger partial charge in [-0.05, 0) is 79.4 Å². The van der Waals surface area contributed by atoms with Crippen molar-refractivity contribution in [2.75, 3.05) is 13.2 Å². The number of aliphatic hydroxyl groups is 1. The van der Waals surface area contributed by atoms with Crippen molar-refractivity contribution in [1.82, 2.24) is 0 Å². The summed E-state index contributed by atoms with van der Waals surface area (Å²) in [7, 11) is 0. The maximum absolute atomic E-state index is 13.1. The zero-order chi connectivity index (χ0) is 21.4. The van der Waals surface area contributed by atoms with Crippen LogP contribution in [0, 0.1) is 29.1 Å². The third kappa shape index (κ3) is 3.06. The molecule has 0 bridgehead atoms. The van der Waals surface area contributed by atoms with Gasteiger partial charge in [-0.15, -0.1) is 0 Å². The van der Waals surface area contributed by atoms with Crippen LogP contribution in [0.15, 0.2) is 28.7 Å². The molecule has 1 saturated heterocycles. The van der Waals surface area contributed by atoms with Crippen molar-refractivity contribution < 1.29 is 19.4 Å². The van der Waals surface area contributed by atoms with Gasteiger partial charge in [-0.3, -0.25) is 4.79 Å². The lowest BCUT2D eigenvalue weighted by Crippen LogP contribution is -2.61. The highest BCUT2D eigenvalue weighted by Crippen LogP contribution is 2.66. The maximum Gasteiger partial charge on any atom is 0.171 e. The van der Waals surface area contributed by atoms with Crippen molar-refractivity contribution in [3.05, 3.63) is 34.3 Å². The van der Waals surface area contributed by atoms with Gasteiger partial charge in [0.25, 0.3) is 0 Å². The third-order valence-electron chi connectivity index (χ3n) is 9.85. The van der Waals surface area contributed by atoms with Crippen LogP contribution >= 0.6 is 15.9 Å². The second kappa shape index (κ2) is 7.12. The van der Waals surface area contributed by atoms with E-state index >= 15 is 0 Å². The Labute approximate surface area is 193 Å². The molecule has 4 aliphatic carbocycles. The zero-order valence-electron chi connectivity index (χ0n) is 18.3. The van der Waals surface area contributed by atoms with E-state index < -0.39 is 11.4 Å². The molecule has 168 valence electrons. The van der Waals surface area contributed by atoms with Crippen molar-refractivity contribution in [3.8, 4) is 0 Å². The second-order valence-corrected chi connectivity index (χ2v) is 12.1. The Hall–Kier alpha value is -0.750. The fourth-order valence-electron chi connectivity index (χ4n) is 8.55. The van der Waals surface area contributed by atoms with E-state index in [0.717, 1.165) is 49.4 Å². The standard InChI is InChI=1S/C26H33BrO4/c1-24-14-19(16-2-4-17(27)5-3-16)23-18(20(24)6-7-22(24)28)8-10-25(29)15-26(11-9-21(23)25)30-12-13-31-26/h2-5,18-21,23,29H,6-15H2,1H3. The van der Waals surface area contributed by atoms with Crippen molar-refractivity contribution in [2.45, 2.75) is 75.6 Å². The normalized spacial score (nSPS) is 45.9. The minimum atomic E-state index is -0.728. The van der Waals surface area contributed by atoms with Crippen LogP contribution in [0.5, 0.6) is 0 Å². The van der Waals surface area contributed by atoms with Gasteiger partial charge in [-0.25, -0.2) is 0 Å². The van der Waals surface area contributed by atoms with E-state index in [1.165, 1.54) is 5.56 Å². The topological polar surface area (TPSA) is 55.8 Å². The van der Waals surface area contributed by atoms with Crippen molar-refractivity contribution in [1.29, 1.82) is 0 Å². The smallest absolute Gasteiger partial charge is 0.171 e. The van der Waals surface area contributed by atoms with E-state index in [1.54, 1.807) is 0 Å². The molecule has 5 fully saturated rings. The van der Waals surface area contributed by atoms with Crippen molar-refractivity contribution >= 4 is 21.7 Å². The number of hydrogen-bond donors (Lipinski definition) is 1. The summed E-state index contributed by atoms with van der Waals surface area (Å²) in [5.74, 6) is 1.87. The summed E-state index contributed by atoms with van der Waals surface area (Å²) in [5.41, 5.74) is 0.394. The van der Waals surface area contributed by atoms with E-state index in [9.17, 15) is 9.90 Å². The molecule has 0 amide bonds. The number of halogens is 1. The molecule has 0 radical (unpaired) electrons. The molecule has 5 heteroatoms. The summed E-state index contributed by atoms with van der Waals surface area (Å²) < 4.78 is 13.1. The first-order chi connectivity index (χ1) is 14.8. The molecular formula is C26H33BrO4. The van der Waals surface area contributed by atoms with Gasteiger partial charge >= 0.3 is 0 Å².